The van der Waals surface area contributed by atoms with Crippen LogP contribution in [0.25, 0.3) is 6.08 Å². The number of hydrogen-bond donors (Lipinski definition) is 0. The summed E-state index contributed by atoms with van der Waals surface area (Å²) >= 11 is 0.657. The summed E-state index contributed by atoms with van der Waals surface area (Å²) in [7, 11) is -4.12. The Kier molecular flexibility index (Phi) is 6.48. The minimum atomic E-state index is -4.12. The first kappa shape index (κ1) is 23.2. The van der Waals surface area contributed by atoms with E-state index in [1.54, 1.807) is 42.5 Å². The van der Waals surface area contributed by atoms with Crippen molar-refractivity contribution in [2.45, 2.75) is 11.4 Å². The van der Waals surface area contributed by atoms with Crippen LogP contribution in [0.1, 0.15) is 11.1 Å². The predicted octanol–water partition coefficient (Wildman–Crippen LogP) is 4.60. The highest BCUT2D eigenvalue weighted by Crippen LogP contribution is 2.36. The molecule has 2 amide bonds. The molecule has 3 aromatic carbocycles. The molecule has 1 aliphatic heterocycles. The molecule has 0 spiro atoms. The highest BCUT2D eigenvalue weighted by molar-refractivity contribution is 8.18. The molecular weight excluding hydrogens is 480 g/mol. The van der Waals surface area contributed by atoms with Crippen molar-refractivity contribution in [1.29, 1.82) is 0 Å². The van der Waals surface area contributed by atoms with Crippen LogP contribution in [0.15, 0.2) is 88.7 Å². The second-order valence-electron chi connectivity index (χ2n) is 7.04. The fourth-order valence-electron chi connectivity index (χ4n) is 3.20. The Morgan fingerprint density at radius 1 is 0.941 bits per heavy atom. The van der Waals surface area contributed by atoms with Gasteiger partial charge < -0.3 is 4.18 Å². The first-order valence-electron chi connectivity index (χ1n) is 9.82. The Balaban J connectivity index is 1.61. The van der Waals surface area contributed by atoms with Gasteiger partial charge in [-0.3, -0.25) is 24.6 Å². The van der Waals surface area contributed by atoms with E-state index >= 15 is 0 Å². The van der Waals surface area contributed by atoms with Crippen LogP contribution in [0.4, 0.5) is 10.5 Å². The lowest BCUT2D eigenvalue weighted by Crippen LogP contribution is -2.27. The molecule has 9 nitrogen and oxygen atoms in total. The van der Waals surface area contributed by atoms with Gasteiger partial charge in [-0.05, 0) is 36.0 Å². The van der Waals surface area contributed by atoms with Gasteiger partial charge in [0.1, 0.15) is 10.6 Å². The number of carbonyl (C=O) groups excluding carboxylic acids is 2. The van der Waals surface area contributed by atoms with Gasteiger partial charge in [0.2, 0.25) is 0 Å². The molecule has 0 aliphatic carbocycles. The zero-order valence-corrected chi connectivity index (χ0v) is 19.0. The first-order valence-corrected chi connectivity index (χ1v) is 12.0. The van der Waals surface area contributed by atoms with Crippen molar-refractivity contribution in [2.75, 3.05) is 0 Å². The highest BCUT2D eigenvalue weighted by atomic mass is 32.2. The third kappa shape index (κ3) is 4.85. The summed E-state index contributed by atoms with van der Waals surface area (Å²) in [5.74, 6) is -0.661. The Hall–Kier alpha value is -3.96. The Morgan fingerprint density at radius 2 is 1.59 bits per heavy atom. The number of para-hydroxylation sites is 2. The standard InChI is InChI=1S/C23H16N2O7S2/c26-22-21(33-23(27)24(22)15-17-9-4-6-12-19(17)25(28)29)14-16-8-5-7-13-20(16)32-34(30,31)18-10-2-1-3-11-18/h1-14H,15H2/b21-14-. The molecule has 0 radical (unpaired) electrons. The molecule has 3 aromatic rings. The van der Waals surface area contributed by atoms with Crippen LogP contribution in [-0.4, -0.2) is 29.4 Å². The minimum Gasteiger partial charge on any atom is -0.378 e. The van der Waals surface area contributed by atoms with Crippen LogP contribution in [0.2, 0.25) is 0 Å². The van der Waals surface area contributed by atoms with E-state index in [0.29, 0.717) is 11.8 Å². The number of rotatable bonds is 7. The Labute approximate surface area is 198 Å². The summed E-state index contributed by atoms with van der Waals surface area (Å²) in [4.78, 5) is 37.0. The summed E-state index contributed by atoms with van der Waals surface area (Å²) < 4.78 is 30.5. The lowest BCUT2D eigenvalue weighted by Gasteiger charge is -2.12. The SMILES string of the molecule is O=C1S/C(=C\c2ccccc2OS(=O)(=O)c2ccccc2)C(=O)N1Cc1ccccc1[N+](=O)[O-]. The normalized spacial score (nSPS) is 15.1. The van der Waals surface area contributed by atoms with Gasteiger partial charge in [0.15, 0.2) is 0 Å². The van der Waals surface area contributed by atoms with E-state index in [2.05, 4.69) is 0 Å². The van der Waals surface area contributed by atoms with E-state index < -0.39 is 26.2 Å². The number of nitro benzene ring substituents is 1. The number of nitrogens with zero attached hydrogens (tertiary/aromatic N) is 2. The van der Waals surface area contributed by atoms with Crippen molar-refractivity contribution in [3.05, 3.63) is 105 Å². The monoisotopic (exact) mass is 496 g/mol. The zero-order valence-electron chi connectivity index (χ0n) is 17.4. The molecule has 1 heterocycles. The van der Waals surface area contributed by atoms with E-state index in [-0.39, 0.29) is 38.9 Å². The largest absolute Gasteiger partial charge is 0.378 e. The predicted molar refractivity (Wildman–Crippen MR) is 125 cm³/mol. The van der Waals surface area contributed by atoms with Gasteiger partial charge >= 0.3 is 10.1 Å². The zero-order chi connectivity index (χ0) is 24.3. The van der Waals surface area contributed by atoms with Gasteiger partial charge in [0.25, 0.3) is 16.8 Å². The molecule has 172 valence electrons. The maximum atomic E-state index is 12.9. The number of carbonyl (C=O) groups is 2. The molecule has 34 heavy (non-hydrogen) atoms. The molecule has 0 atom stereocenters. The minimum absolute atomic E-state index is 0.0168. The molecule has 0 bridgehead atoms. The molecule has 1 aliphatic rings. The summed E-state index contributed by atoms with van der Waals surface area (Å²) in [6.07, 6.45) is 1.36. The van der Waals surface area contributed by atoms with Crippen LogP contribution in [0.5, 0.6) is 5.75 Å². The van der Waals surface area contributed by atoms with Crippen molar-refractivity contribution < 1.29 is 27.1 Å². The molecule has 0 aromatic heterocycles. The number of amides is 2. The van der Waals surface area contributed by atoms with E-state index in [1.165, 1.54) is 42.5 Å². The van der Waals surface area contributed by atoms with E-state index in [4.69, 9.17) is 4.18 Å². The second-order valence-corrected chi connectivity index (χ2v) is 9.58. The number of benzene rings is 3. The van der Waals surface area contributed by atoms with Crippen molar-refractivity contribution in [3.8, 4) is 5.75 Å². The molecule has 1 saturated heterocycles. The molecule has 11 heteroatoms. The van der Waals surface area contributed by atoms with Crippen molar-refractivity contribution >= 4 is 44.8 Å². The topological polar surface area (TPSA) is 124 Å². The average Bonchev–Trinajstić information content (AvgIpc) is 3.08. The first-order chi connectivity index (χ1) is 16.3. The third-order valence-electron chi connectivity index (χ3n) is 4.83. The molecule has 1 fully saturated rings. The molecule has 4 rings (SSSR count). The number of thioether (sulfide) groups is 1. The van der Waals surface area contributed by atoms with E-state index in [1.807, 2.05) is 0 Å². The maximum absolute atomic E-state index is 12.9. The van der Waals surface area contributed by atoms with Gasteiger partial charge in [0, 0.05) is 17.2 Å². The van der Waals surface area contributed by atoms with Crippen LogP contribution in [0.3, 0.4) is 0 Å². The maximum Gasteiger partial charge on any atom is 0.339 e. The number of hydrogen-bond acceptors (Lipinski definition) is 8. The van der Waals surface area contributed by atoms with Crippen molar-refractivity contribution in [1.82, 2.24) is 4.90 Å². The van der Waals surface area contributed by atoms with E-state index in [0.717, 1.165) is 4.90 Å². The summed E-state index contributed by atoms with van der Waals surface area (Å²) in [5.41, 5.74) is 0.294. The van der Waals surface area contributed by atoms with Crippen LogP contribution in [0, 0.1) is 10.1 Å². The lowest BCUT2D eigenvalue weighted by atomic mass is 10.1. The fraction of sp³-hybridized carbons (Fsp3) is 0.0435. The van der Waals surface area contributed by atoms with Gasteiger partial charge in [-0.1, -0.05) is 54.6 Å². The summed E-state index contributed by atoms with van der Waals surface area (Å²) in [5, 5.41) is 10.7. The summed E-state index contributed by atoms with van der Waals surface area (Å²) in [6.45, 7) is -0.264. The third-order valence-corrected chi connectivity index (χ3v) is 6.98. The van der Waals surface area contributed by atoms with Crippen LogP contribution in [-0.2, 0) is 21.5 Å². The van der Waals surface area contributed by atoms with Gasteiger partial charge in [0.05, 0.1) is 16.4 Å². The number of nitro groups is 1. The van der Waals surface area contributed by atoms with Crippen molar-refractivity contribution in [3.63, 3.8) is 0 Å². The van der Waals surface area contributed by atoms with Gasteiger partial charge in [-0.2, -0.15) is 8.42 Å². The Bertz CT molecular complexity index is 1420. The number of imide groups is 1. The lowest BCUT2D eigenvalue weighted by molar-refractivity contribution is -0.385. The summed E-state index contributed by atoms with van der Waals surface area (Å²) in [6, 6.07) is 19.6. The van der Waals surface area contributed by atoms with Gasteiger partial charge in [-0.25, -0.2) is 0 Å². The van der Waals surface area contributed by atoms with E-state index in [9.17, 15) is 28.1 Å². The van der Waals surface area contributed by atoms with Gasteiger partial charge in [-0.15, -0.1) is 0 Å². The average molecular weight is 497 g/mol. The fourth-order valence-corrected chi connectivity index (χ4v) is 5.00. The molecule has 0 N–H and O–H groups in total. The smallest absolute Gasteiger partial charge is 0.339 e. The molecule has 0 unspecified atom stereocenters. The quantitative estimate of drug-likeness (QED) is 0.201. The molecular formula is C23H16N2O7S2. The highest BCUT2D eigenvalue weighted by Gasteiger charge is 2.36. The van der Waals surface area contributed by atoms with Crippen molar-refractivity contribution in [2.24, 2.45) is 0 Å². The van der Waals surface area contributed by atoms with Crippen LogP contribution < -0.4 is 4.18 Å². The van der Waals surface area contributed by atoms with Crippen LogP contribution >= 0.6 is 11.8 Å². The Morgan fingerprint density at radius 3 is 2.32 bits per heavy atom. The second kappa shape index (κ2) is 9.49. The molecule has 0 saturated carbocycles.